The van der Waals surface area contributed by atoms with Crippen molar-refractivity contribution >= 4 is 11.8 Å². The van der Waals surface area contributed by atoms with Crippen LogP contribution in [0.1, 0.15) is 79.9 Å². The first-order valence-corrected chi connectivity index (χ1v) is 15.6. The van der Waals surface area contributed by atoms with Gasteiger partial charge in [-0.05, 0) is 50.8 Å². The summed E-state index contributed by atoms with van der Waals surface area (Å²) in [5.74, 6) is 1.26. The van der Waals surface area contributed by atoms with Crippen LogP contribution in [-0.4, -0.2) is 67.4 Å². The van der Waals surface area contributed by atoms with Gasteiger partial charge in [0.2, 0.25) is 11.8 Å². The van der Waals surface area contributed by atoms with E-state index in [0.717, 1.165) is 48.7 Å². The van der Waals surface area contributed by atoms with E-state index < -0.39 is 11.5 Å². The van der Waals surface area contributed by atoms with Gasteiger partial charge in [0.25, 0.3) is 0 Å². The monoisotopic (exact) mass is 570 g/mol. The average molecular weight is 571 g/mol. The Labute approximate surface area is 247 Å². The first-order chi connectivity index (χ1) is 20.6. The number of piperidine rings is 1. The Morgan fingerprint density at radius 3 is 2.43 bits per heavy atom. The summed E-state index contributed by atoms with van der Waals surface area (Å²) in [5.41, 5.74) is 2.28. The van der Waals surface area contributed by atoms with Crippen molar-refractivity contribution in [1.29, 1.82) is 0 Å². The topological polar surface area (TPSA) is 118 Å². The Balaban J connectivity index is 1.16. The molecular weight excluding hydrogens is 528 g/mol. The number of hydrogen-bond acceptors (Lipinski definition) is 7. The summed E-state index contributed by atoms with van der Waals surface area (Å²) in [5, 5.41) is 14.9. The molecule has 3 aromatic rings. The van der Waals surface area contributed by atoms with Gasteiger partial charge in [0, 0.05) is 62.5 Å². The SMILES string of the molecule is O=C1NCCCn2cc(nn2)CC2(CCN(Cc3cnc(C4CCCCC4)nc3)CC2)C(=O)N[C@H]1Cc1ccccc1. The van der Waals surface area contributed by atoms with E-state index in [-0.39, 0.29) is 11.8 Å². The van der Waals surface area contributed by atoms with Crippen LogP contribution in [0.3, 0.4) is 0 Å². The molecule has 2 aliphatic heterocycles. The summed E-state index contributed by atoms with van der Waals surface area (Å²) >= 11 is 0. The molecule has 0 radical (unpaired) electrons. The minimum atomic E-state index is -0.665. The summed E-state index contributed by atoms with van der Waals surface area (Å²) in [6, 6.07) is 9.24. The number of nitrogens with one attached hydrogen (secondary N) is 2. The highest BCUT2D eigenvalue weighted by Gasteiger charge is 2.43. The molecule has 10 nitrogen and oxygen atoms in total. The molecule has 3 aliphatic rings. The van der Waals surface area contributed by atoms with Crippen molar-refractivity contribution in [2.45, 2.75) is 89.3 Å². The summed E-state index contributed by atoms with van der Waals surface area (Å²) < 4.78 is 1.82. The second-order valence-corrected chi connectivity index (χ2v) is 12.4. The van der Waals surface area contributed by atoms with Crippen molar-refractivity contribution in [3.8, 4) is 0 Å². The predicted molar refractivity (Wildman–Crippen MR) is 158 cm³/mol. The number of amides is 2. The van der Waals surface area contributed by atoms with Crippen molar-refractivity contribution in [2.24, 2.45) is 5.41 Å². The molecule has 0 unspecified atom stereocenters. The second kappa shape index (κ2) is 13.1. The summed E-state index contributed by atoms with van der Waals surface area (Å²) in [7, 11) is 0. The Hall–Kier alpha value is -3.66. The summed E-state index contributed by atoms with van der Waals surface area (Å²) in [4.78, 5) is 39.2. The number of fused-ring (bicyclic) bond motifs is 2. The van der Waals surface area contributed by atoms with E-state index in [1.807, 2.05) is 53.6 Å². The Morgan fingerprint density at radius 2 is 1.67 bits per heavy atom. The number of rotatable bonds is 5. The second-order valence-electron chi connectivity index (χ2n) is 12.4. The van der Waals surface area contributed by atoms with Gasteiger partial charge in [-0.25, -0.2) is 9.97 Å². The fourth-order valence-electron chi connectivity index (χ4n) is 6.72. The lowest BCUT2D eigenvalue weighted by Gasteiger charge is -2.41. The van der Waals surface area contributed by atoms with Crippen molar-refractivity contribution in [3.63, 3.8) is 0 Å². The summed E-state index contributed by atoms with van der Waals surface area (Å²) in [6.07, 6.45) is 15.2. The Bertz CT molecular complexity index is 1330. The van der Waals surface area contributed by atoms with Crippen molar-refractivity contribution in [1.82, 2.24) is 40.5 Å². The van der Waals surface area contributed by atoms with Crippen molar-refractivity contribution in [2.75, 3.05) is 19.6 Å². The lowest BCUT2D eigenvalue weighted by atomic mass is 9.73. The minimum Gasteiger partial charge on any atom is -0.354 e. The molecule has 1 saturated carbocycles. The Morgan fingerprint density at radius 1 is 0.905 bits per heavy atom. The maximum absolute atomic E-state index is 14.1. The molecule has 1 aromatic carbocycles. The van der Waals surface area contributed by atoms with Crippen LogP contribution >= 0.6 is 0 Å². The molecule has 10 heteroatoms. The number of carbonyl (C=O) groups is 2. The van der Waals surface area contributed by atoms with Crippen LogP contribution in [0, 0.1) is 5.41 Å². The third-order valence-electron chi connectivity index (χ3n) is 9.27. The van der Waals surface area contributed by atoms with Crippen molar-refractivity contribution < 1.29 is 9.59 Å². The van der Waals surface area contributed by atoms with Crippen LogP contribution in [0.5, 0.6) is 0 Å². The van der Waals surface area contributed by atoms with E-state index in [1.165, 1.54) is 32.1 Å². The zero-order valence-electron chi connectivity index (χ0n) is 24.4. The zero-order valence-corrected chi connectivity index (χ0v) is 24.4. The smallest absolute Gasteiger partial charge is 0.242 e. The molecule has 2 fully saturated rings. The van der Waals surface area contributed by atoms with Crippen LogP contribution in [0.2, 0.25) is 0 Å². The highest BCUT2D eigenvalue weighted by Crippen LogP contribution is 2.36. The molecule has 2 bridgehead atoms. The van der Waals surface area contributed by atoms with Crippen molar-refractivity contribution in [3.05, 3.63) is 71.6 Å². The first kappa shape index (κ1) is 28.5. The number of likely N-dealkylation sites (tertiary alicyclic amines) is 1. The molecule has 2 aromatic heterocycles. The van der Waals surface area contributed by atoms with Gasteiger partial charge in [-0.1, -0.05) is 54.8 Å². The highest BCUT2D eigenvalue weighted by atomic mass is 16.2. The molecule has 1 aliphatic carbocycles. The number of aromatic nitrogens is 5. The van der Waals surface area contributed by atoms with Crippen LogP contribution < -0.4 is 10.6 Å². The van der Waals surface area contributed by atoms with Gasteiger partial charge in [-0.3, -0.25) is 19.2 Å². The number of aryl methyl sites for hydroxylation is 1. The average Bonchev–Trinajstić information content (AvgIpc) is 3.47. The molecule has 4 heterocycles. The molecule has 1 spiro atoms. The number of carbonyl (C=O) groups excluding carboxylic acids is 2. The van der Waals surface area contributed by atoms with E-state index in [0.29, 0.717) is 44.7 Å². The van der Waals surface area contributed by atoms with Gasteiger partial charge in [-0.15, -0.1) is 5.10 Å². The van der Waals surface area contributed by atoms with Gasteiger partial charge in [-0.2, -0.15) is 0 Å². The number of nitrogens with zero attached hydrogens (tertiary/aromatic N) is 6. The molecule has 222 valence electrons. The molecule has 1 saturated heterocycles. The van der Waals surface area contributed by atoms with Gasteiger partial charge in [0.05, 0.1) is 11.1 Å². The fraction of sp³-hybridized carbons (Fsp3) is 0.562. The van der Waals surface area contributed by atoms with Gasteiger partial charge in [0.15, 0.2) is 0 Å². The normalized spacial score (nSPS) is 22.4. The molecule has 6 rings (SSSR count). The fourth-order valence-corrected chi connectivity index (χ4v) is 6.72. The van der Waals surface area contributed by atoms with Crippen LogP contribution in [-0.2, 0) is 35.5 Å². The summed E-state index contributed by atoms with van der Waals surface area (Å²) in [6.45, 7) is 3.47. The number of benzene rings is 1. The lowest BCUT2D eigenvalue weighted by Crippen LogP contribution is -2.56. The standard InChI is InChI=1S/C32H42N8O2/c41-30-28(18-24-8-3-1-4-9-24)36-31(42)32(19-27-23-40(38-37-27)15-7-14-33-30)12-16-39(17-13-32)22-25-20-34-29(35-21-25)26-10-5-2-6-11-26/h1,3-4,8-9,20-21,23,26,28H,2,5-7,10-19,22H2,(H,33,41)(H,36,42)/t28-/m0/s1. The van der Waals surface area contributed by atoms with E-state index in [2.05, 4.69) is 25.8 Å². The first-order valence-electron chi connectivity index (χ1n) is 15.6. The van der Waals surface area contributed by atoms with Crippen LogP contribution in [0.25, 0.3) is 0 Å². The molecule has 1 atom stereocenters. The van der Waals surface area contributed by atoms with Gasteiger partial charge in [0.1, 0.15) is 11.9 Å². The Kier molecular flexibility index (Phi) is 8.88. The maximum atomic E-state index is 14.1. The maximum Gasteiger partial charge on any atom is 0.242 e. The molecular formula is C32H42N8O2. The van der Waals surface area contributed by atoms with Gasteiger partial charge >= 0.3 is 0 Å². The van der Waals surface area contributed by atoms with Gasteiger partial charge < -0.3 is 10.6 Å². The van der Waals surface area contributed by atoms with E-state index in [1.54, 1.807) is 0 Å². The van der Waals surface area contributed by atoms with E-state index in [4.69, 9.17) is 9.97 Å². The van der Waals surface area contributed by atoms with E-state index >= 15 is 0 Å². The molecule has 2 amide bonds. The zero-order chi connectivity index (χ0) is 28.8. The highest BCUT2D eigenvalue weighted by molar-refractivity contribution is 5.90. The predicted octanol–water partition coefficient (Wildman–Crippen LogP) is 3.19. The van der Waals surface area contributed by atoms with Crippen LogP contribution in [0.15, 0.2) is 48.9 Å². The molecule has 2 N–H and O–H groups in total. The quantitative estimate of drug-likeness (QED) is 0.484. The molecule has 42 heavy (non-hydrogen) atoms. The lowest BCUT2D eigenvalue weighted by molar-refractivity contribution is -0.137. The third kappa shape index (κ3) is 6.86. The minimum absolute atomic E-state index is 0.0767. The third-order valence-corrected chi connectivity index (χ3v) is 9.27. The van der Waals surface area contributed by atoms with Crippen LogP contribution in [0.4, 0.5) is 0 Å². The van der Waals surface area contributed by atoms with E-state index in [9.17, 15) is 9.59 Å². The largest absolute Gasteiger partial charge is 0.354 e. The number of hydrogen-bond donors (Lipinski definition) is 2.